The number of aliphatic hydroxyl groups excluding tert-OH is 1. The maximum absolute atomic E-state index is 13.7. The number of aliphatic hydroxyl groups is 1. The van der Waals surface area contributed by atoms with E-state index in [1.54, 1.807) is 19.2 Å². The molecule has 8 nitrogen and oxygen atoms in total. The van der Waals surface area contributed by atoms with Gasteiger partial charge in [0.1, 0.15) is 0 Å². The van der Waals surface area contributed by atoms with Gasteiger partial charge in [-0.05, 0) is 54.9 Å². The Balaban J connectivity index is 1.37. The Morgan fingerprint density at radius 2 is 1.81 bits per heavy atom. The van der Waals surface area contributed by atoms with Crippen LogP contribution >= 0.6 is 0 Å². The lowest BCUT2D eigenvalue weighted by atomic mass is 9.83. The number of carbonyl (C=O) groups is 1. The van der Waals surface area contributed by atoms with E-state index >= 15 is 0 Å². The predicted molar refractivity (Wildman–Crippen MR) is 168 cm³/mol. The molecule has 2 fully saturated rings. The SMILES string of the molecule is COCCCO[C@@H](c1ccccc1)C1CCCN(C(=O)N[C@@H](CC2CCCCC2)[C@H](O)CNCc2ccc(C#N)cc2)C1. The summed E-state index contributed by atoms with van der Waals surface area (Å²) in [7, 11) is 1.70. The second kappa shape index (κ2) is 18.0. The van der Waals surface area contributed by atoms with E-state index in [-0.39, 0.29) is 24.1 Å². The molecular formula is C35H50N4O4. The fraction of sp³-hybridized carbons (Fsp3) is 0.600. The fourth-order valence-electron chi connectivity index (χ4n) is 6.55. The summed E-state index contributed by atoms with van der Waals surface area (Å²) < 4.78 is 11.6. The third-order valence-electron chi connectivity index (χ3n) is 8.94. The summed E-state index contributed by atoms with van der Waals surface area (Å²) in [6, 6.07) is 19.5. The zero-order chi connectivity index (χ0) is 30.3. The van der Waals surface area contributed by atoms with Gasteiger partial charge < -0.3 is 30.1 Å². The number of nitriles is 1. The highest BCUT2D eigenvalue weighted by Gasteiger charge is 2.33. The van der Waals surface area contributed by atoms with Crippen molar-refractivity contribution in [2.45, 2.75) is 82.6 Å². The van der Waals surface area contributed by atoms with Gasteiger partial charge in [0.2, 0.25) is 0 Å². The first kappa shape index (κ1) is 32.9. The van der Waals surface area contributed by atoms with E-state index in [1.165, 1.54) is 19.3 Å². The number of ether oxygens (including phenoxy) is 2. The molecule has 1 heterocycles. The average molecular weight is 591 g/mol. The number of piperidine rings is 1. The molecule has 43 heavy (non-hydrogen) atoms. The molecular weight excluding hydrogens is 540 g/mol. The minimum Gasteiger partial charge on any atom is -0.390 e. The molecule has 1 unspecified atom stereocenters. The molecule has 1 aliphatic carbocycles. The molecule has 4 atom stereocenters. The number of nitrogens with zero attached hydrogens (tertiary/aromatic N) is 2. The van der Waals surface area contributed by atoms with Gasteiger partial charge in [0.25, 0.3) is 0 Å². The number of rotatable bonds is 15. The first-order valence-electron chi connectivity index (χ1n) is 16.2. The number of likely N-dealkylation sites (tertiary alicyclic amines) is 1. The van der Waals surface area contributed by atoms with E-state index in [0.29, 0.717) is 50.9 Å². The summed E-state index contributed by atoms with van der Waals surface area (Å²) in [5, 5.41) is 27.0. The Hall–Kier alpha value is -2.96. The van der Waals surface area contributed by atoms with Crippen molar-refractivity contribution >= 4 is 6.03 Å². The summed E-state index contributed by atoms with van der Waals surface area (Å²) in [6.07, 6.45) is 8.78. The number of amides is 2. The molecule has 234 valence electrons. The molecule has 1 aliphatic heterocycles. The van der Waals surface area contributed by atoms with Gasteiger partial charge >= 0.3 is 6.03 Å². The topological polar surface area (TPSA) is 107 Å². The van der Waals surface area contributed by atoms with Gasteiger partial charge in [-0.2, -0.15) is 5.26 Å². The molecule has 1 saturated carbocycles. The Morgan fingerprint density at radius 3 is 2.53 bits per heavy atom. The van der Waals surface area contributed by atoms with Crippen LogP contribution in [0.4, 0.5) is 4.79 Å². The molecule has 2 aromatic rings. The molecule has 3 N–H and O–H groups in total. The first-order chi connectivity index (χ1) is 21.1. The van der Waals surface area contributed by atoms with E-state index in [0.717, 1.165) is 49.7 Å². The van der Waals surface area contributed by atoms with Crippen LogP contribution in [-0.4, -0.2) is 68.1 Å². The van der Waals surface area contributed by atoms with Crippen LogP contribution in [0.2, 0.25) is 0 Å². The van der Waals surface area contributed by atoms with Crippen molar-refractivity contribution in [2.75, 3.05) is 40.0 Å². The first-order valence-corrected chi connectivity index (χ1v) is 16.2. The molecule has 0 aromatic heterocycles. The van der Waals surface area contributed by atoms with Crippen LogP contribution in [0.5, 0.6) is 0 Å². The minimum atomic E-state index is -0.703. The monoisotopic (exact) mass is 590 g/mol. The highest BCUT2D eigenvalue weighted by Crippen LogP contribution is 2.33. The summed E-state index contributed by atoms with van der Waals surface area (Å²) >= 11 is 0. The Kier molecular flexibility index (Phi) is 13.8. The highest BCUT2D eigenvalue weighted by atomic mass is 16.5. The fourth-order valence-corrected chi connectivity index (χ4v) is 6.55. The van der Waals surface area contributed by atoms with Gasteiger partial charge in [-0.1, -0.05) is 74.6 Å². The van der Waals surface area contributed by atoms with Crippen LogP contribution in [0.15, 0.2) is 54.6 Å². The van der Waals surface area contributed by atoms with Gasteiger partial charge in [0, 0.05) is 52.4 Å². The molecule has 1 saturated heterocycles. The van der Waals surface area contributed by atoms with E-state index in [1.807, 2.05) is 35.2 Å². The second-order valence-corrected chi connectivity index (χ2v) is 12.2. The molecule has 2 aromatic carbocycles. The van der Waals surface area contributed by atoms with E-state index in [9.17, 15) is 9.90 Å². The molecule has 4 rings (SSSR count). The lowest BCUT2D eigenvalue weighted by Gasteiger charge is -2.38. The number of hydrogen-bond acceptors (Lipinski definition) is 6. The summed E-state index contributed by atoms with van der Waals surface area (Å²) in [5.74, 6) is 0.713. The third kappa shape index (κ3) is 10.6. The van der Waals surface area contributed by atoms with Crippen LogP contribution in [0, 0.1) is 23.2 Å². The van der Waals surface area contributed by atoms with Crippen molar-refractivity contribution in [3.8, 4) is 6.07 Å². The quantitative estimate of drug-likeness (QED) is 0.235. The maximum atomic E-state index is 13.7. The smallest absolute Gasteiger partial charge is 0.317 e. The van der Waals surface area contributed by atoms with Crippen molar-refractivity contribution < 1.29 is 19.4 Å². The molecule has 0 radical (unpaired) electrons. The van der Waals surface area contributed by atoms with Gasteiger partial charge in [-0.25, -0.2) is 4.79 Å². The largest absolute Gasteiger partial charge is 0.390 e. The Bertz CT molecular complexity index is 1120. The van der Waals surface area contributed by atoms with Crippen molar-refractivity contribution in [1.82, 2.24) is 15.5 Å². The zero-order valence-corrected chi connectivity index (χ0v) is 25.8. The molecule has 2 aliphatic rings. The number of benzene rings is 2. The van der Waals surface area contributed by atoms with Gasteiger partial charge in [-0.3, -0.25) is 0 Å². The third-order valence-corrected chi connectivity index (χ3v) is 8.94. The van der Waals surface area contributed by atoms with Crippen LogP contribution in [0.3, 0.4) is 0 Å². The van der Waals surface area contributed by atoms with Crippen LogP contribution < -0.4 is 10.6 Å². The number of nitrogens with one attached hydrogen (secondary N) is 2. The van der Waals surface area contributed by atoms with Crippen molar-refractivity contribution in [3.63, 3.8) is 0 Å². The van der Waals surface area contributed by atoms with E-state index < -0.39 is 6.10 Å². The minimum absolute atomic E-state index is 0.0799. The lowest BCUT2D eigenvalue weighted by Crippen LogP contribution is -2.54. The van der Waals surface area contributed by atoms with Crippen molar-refractivity contribution in [3.05, 3.63) is 71.3 Å². The molecule has 0 bridgehead atoms. The predicted octanol–water partition coefficient (Wildman–Crippen LogP) is 5.56. The highest BCUT2D eigenvalue weighted by molar-refractivity contribution is 5.74. The van der Waals surface area contributed by atoms with Crippen molar-refractivity contribution in [1.29, 1.82) is 5.26 Å². The number of carbonyl (C=O) groups excluding carboxylic acids is 1. The van der Waals surface area contributed by atoms with Crippen LogP contribution in [0.1, 0.15) is 80.6 Å². The molecule has 0 spiro atoms. The summed E-state index contributed by atoms with van der Waals surface area (Å²) in [6.45, 7) is 3.57. The molecule has 8 heteroatoms. The Labute approximate surface area is 257 Å². The Morgan fingerprint density at radius 1 is 1.05 bits per heavy atom. The number of urea groups is 1. The van der Waals surface area contributed by atoms with E-state index in [4.69, 9.17) is 14.7 Å². The van der Waals surface area contributed by atoms with Crippen molar-refractivity contribution in [2.24, 2.45) is 11.8 Å². The standard InChI is InChI=1S/C35H50N4O4/c1-42-20-9-21-43-34(30-12-6-3-7-13-30)31-14-8-19-39(26-31)35(41)38-32(22-27-10-4-2-5-11-27)33(40)25-37-24-29-17-15-28(23-36)16-18-29/h3,6-7,12-13,15-18,27,31-34,37,40H,2,4-5,8-11,14,19-22,24-26H2,1H3,(H,38,41)/t31?,32-,33+,34-/m0/s1. The van der Waals surface area contributed by atoms with Crippen LogP contribution in [0.25, 0.3) is 0 Å². The normalized spacial score (nSPS) is 19.7. The summed E-state index contributed by atoms with van der Waals surface area (Å²) in [4.78, 5) is 15.6. The summed E-state index contributed by atoms with van der Waals surface area (Å²) in [5.41, 5.74) is 2.83. The second-order valence-electron chi connectivity index (χ2n) is 12.2. The lowest BCUT2D eigenvalue weighted by molar-refractivity contribution is -0.0171. The number of methoxy groups -OCH3 is 1. The van der Waals surface area contributed by atoms with Gasteiger partial charge in [0.05, 0.1) is 29.9 Å². The van der Waals surface area contributed by atoms with Gasteiger partial charge in [-0.15, -0.1) is 0 Å². The van der Waals surface area contributed by atoms with E-state index in [2.05, 4.69) is 28.8 Å². The van der Waals surface area contributed by atoms with Crippen LogP contribution in [-0.2, 0) is 16.0 Å². The average Bonchev–Trinajstić information content (AvgIpc) is 3.05. The van der Waals surface area contributed by atoms with Gasteiger partial charge in [0.15, 0.2) is 0 Å². The maximum Gasteiger partial charge on any atom is 0.317 e. The number of hydrogen-bond donors (Lipinski definition) is 3. The zero-order valence-electron chi connectivity index (χ0n) is 25.8. The molecule has 2 amide bonds.